The molecular formula is C16H15FO2. The number of aliphatic hydroxyl groups excluding tert-OH is 1. The highest BCUT2D eigenvalue weighted by atomic mass is 19.1. The molecule has 0 aliphatic carbocycles. The van der Waals surface area contributed by atoms with Crippen molar-refractivity contribution in [2.45, 2.75) is 18.9 Å². The van der Waals surface area contributed by atoms with Crippen molar-refractivity contribution in [1.82, 2.24) is 0 Å². The summed E-state index contributed by atoms with van der Waals surface area (Å²) in [6.07, 6.45) is -0.644. The van der Waals surface area contributed by atoms with Gasteiger partial charge in [0, 0.05) is 12.0 Å². The molecule has 0 bridgehead atoms. The van der Waals surface area contributed by atoms with Crippen molar-refractivity contribution in [3.8, 4) is 0 Å². The fourth-order valence-corrected chi connectivity index (χ4v) is 1.92. The molecule has 19 heavy (non-hydrogen) atoms. The molecule has 2 nitrogen and oxygen atoms in total. The van der Waals surface area contributed by atoms with Crippen molar-refractivity contribution in [2.75, 3.05) is 0 Å². The van der Waals surface area contributed by atoms with Crippen molar-refractivity contribution in [2.24, 2.45) is 0 Å². The van der Waals surface area contributed by atoms with Crippen LogP contribution in [-0.2, 0) is 11.2 Å². The molecular weight excluding hydrogens is 243 g/mol. The van der Waals surface area contributed by atoms with Gasteiger partial charge in [-0.05, 0) is 18.1 Å². The van der Waals surface area contributed by atoms with Crippen LogP contribution in [0.3, 0.4) is 0 Å². The Labute approximate surface area is 111 Å². The standard InChI is InChI=1S/C16H15FO2/c17-14-9-5-4-8-13(14)16(19)15(18)11-10-12-6-2-1-3-7-12/h1-9,16,19H,10-11H2. The monoisotopic (exact) mass is 258 g/mol. The smallest absolute Gasteiger partial charge is 0.166 e. The first-order valence-corrected chi connectivity index (χ1v) is 6.17. The number of rotatable bonds is 5. The maximum Gasteiger partial charge on any atom is 0.166 e. The van der Waals surface area contributed by atoms with Crippen LogP contribution in [0.2, 0.25) is 0 Å². The van der Waals surface area contributed by atoms with Crippen LogP contribution in [0.5, 0.6) is 0 Å². The maximum atomic E-state index is 13.5. The lowest BCUT2D eigenvalue weighted by atomic mass is 10.00. The van der Waals surface area contributed by atoms with Gasteiger partial charge < -0.3 is 5.11 Å². The first-order valence-electron chi connectivity index (χ1n) is 6.17. The number of carbonyl (C=O) groups is 1. The van der Waals surface area contributed by atoms with Gasteiger partial charge in [0.25, 0.3) is 0 Å². The summed E-state index contributed by atoms with van der Waals surface area (Å²) < 4.78 is 13.5. The molecule has 0 aliphatic heterocycles. The number of benzene rings is 2. The number of carbonyl (C=O) groups excluding carboxylic acids is 1. The van der Waals surface area contributed by atoms with Gasteiger partial charge in [-0.15, -0.1) is 0 Å². The second-order valence-electron chi connectivity index (χ2n) is 4.38. The van der Waals surface area contributed by atoms with E-state index < -0.39 is 11.9 Å². The number of aliphatic hydroxyl groups is 1. The Bertz CT molecular complexity index is 552. The topological polar surface area (TPSA) is 37.3 Å². The molecule has 0 fully saturated rings. The fraction of sp³-hybridized carbons (Fsp3) is 0.188. The third-order valence-electron chi connectivity index (χ3n) is 3.01. The summed E-state index contributed by atoms with van der Waals surface area (Å²) in [5.41, 5.74) is 1.07. The first-order chi connectivity index (χ1) is 9.18. The van der Waals surface area contributed by atoms with Crippen molar-refractivity contribution in [1.29, 1.82) is 0 Å². The van der Waals surface area contributed by atoms with E-state index in [0.29, 0.717) is 6.42 Å². The Balaban J connectivity index is 1.99. The zero-order valence-electron chi connectivity index (χ0n) is 10.4. The molecule has 0 spiro atoms. The van der Waals surface area contributed by atoms with Crippen LogP contribution in [0.25, 0.3) is 0 Å². The van der Waals surface area contributed by atoms with Gasteiger partial charge in [0.2, 0.25) is 0 Å². The molecule has 1 unspecified atom stereocenters. The molecule has 0 saturated carbocycles. The van der Waals surface area contributed by atoms with Crippen LogP contribution in [0, 0.1) is 5.82 Å². The van der Waals surface area contributed by atoms with Crippen molar-refractivity contribution in [3.63, 3.8) is 0 Å². The highest BCUT2D eigenvalue weighted by Gasteiger charge is 2.19. The molecule has 2 aromatic carbocycles. The van der Waals surface area contributed by atoms with Crippen molar-refractivity contribution in [3.05, 3.63) is 71.5 Å². The van der Waals surface area contributed by atoms with Gasteiger partial charge in [-0.25, -0.2) is 4.39 Å². The predicted molar refractivity (Wildman–Crippen MR) is 71.1 cm³/mol. The van der Waals surface area contributed by atoms with Gasteiger partial charge in [-0.1, -0.05) is 48.5 Å². The summed E-state index contributed by atoms with van der Waals surface area (Å²) in [6.45, 7) is 0. The van der Waals surface area contributed by atoms with E-state index in [1.54, 1.807) is 6.07 Å². The van der Waals surface area contributed by atoms with Crippen LogP contribution < -0.4 is 0 Å². The molecule has 2 rings (SSSR count). The third kappa shape index (κ3) is 3.48. The Morgan fingerprint density at radius 1 is 1.05 bits per heavy atom. The predicted octanol–water partition coefficient (Wildman–Crippen LogP) is 3.06. The summed E-state index contributed by atoms with van der Waals surface area (Å²) in [7, 11) is 0. The Hall–Kier alpha value is -2.00. The first kappa shape index (κ1) is 13.4. The Morgan fingerprint density at radius 3 is 2.37 bits per heavy atom. The SMILES string of the molecule is O=C(CCc1ccccc1)C(O)c1ccccc1F. The number of aryl methyl sites for hydroxylation is 1. The van der Waals surface area contributed by atoms with E-state index in [0.717, 1.165) is 5.56 Å². The van der Waals surface area contributed by atoms with Crippen molar-refractivity contribution >= 4 is 5.78 Å². The van der Waals surface area contributed by atoms with Gasteiger partial charge in [-0.3, -0.25) is 4.79 Å². The summed E-state index contributed by atoms with van der Waals surface area (Å²) >= 11 is 0. The van der Waals surface area contributed by atoms with Gasteiger partial charge in [0.1, 0.15) is 11.9 Å². The van der Waals surface area contributed by atoms with Crippen LogP contribution in [-0.4, -0.2) is 10.9 Å². The van der Waals surface area contributed by atoms with E-state index in [2.05, 4.69) is 0 Å². The summed E-state index contributed by atoms with van der Waals surface area (Å²) in [6, 6.07) is 15.3. The highest BCUT2D eigenvalue weighted by Crippen LogP contribution is 2.19. The summed E-state index contributed by atoms with van der Waals surface area (Å²) in [5, 5.41) is 9.86. The van der Waals surface area contributed by atoms with E-state index >= 15 is 0 Å². The highest BCUT2D eigenvalue weighted by molar-refractivity contribution is 5.84. The Morgan fingerprint density at radius 2 is 1.68 bits per heavy atom. The van der Waals surface area contributed by atoms with E-state index in [4.69, 9.17) is 0 Å². The number of ketones is 1. The molecule has 98 valence electrons. The average Bonchev–Trinajstić information content (AvgIpc) is 2.45. The molecule has 2 aromatic rings. The molecule has 0 saturated heterocycles. The van der Waals surface area contributed by atoms with Gasteiger partial charge >= 0.3 is 0 Å². The average molecular weight is 258 g/mol. The van der Waals surface area contributed by atoms with Crippen LogP contribution in [0.4, 0.5) is 4.39 Å². The van der Waals surface area contributed by atoms with E-state index in [-0.39, 0.29) is 17.8 Å². The molecule has 0 aliphatic rings. The van der Waals surface area contributed by atoms with Crippen LogP contribution >= 0.6 is 0 Å². The zero-order valence-corrected chi connectivity index (χ0v) is 10.4. The molecule has 0 heterocycles. The molecule has 0 aromatic heterocycles. The lowest BCUT2D eigenvalue weighted by Crippen LogP contribution is -2.14. The minimum atomic E-state index is -1.38. The fourth-order valence-electron chi connectivity index (χ4n) is 1.92. The number of hydrogen-bond donors (Lipinski definition) is 1. The van der Waals surface area contributed by atoms with E-state index in [1.165, 1.54) is 18.2 Å². The Kier molecular flexibility index (Phi) is 4.42. The summed E-state index contributed by atoms with van der Waals surface area (Å²) in [5.74, 6) is -0.919. The van der Waals surface area contributed by atoms with Crippen LogP contribution in [0.1, 0.15) is 23.7 Å². The van der Waals surface area contributed by atoms with E-state index in [1.807, 2.05) is 30.3 Å². The molecule has 1 atom stereocenters. The summed E-state index contributed by atoms with van der Waals surface area (Å²) in [4.78, 5) is 11.9. The normalized spacial score (nSPS) is 12.1. The quantitative estimate of drug-likeness (QED) is 0.895. The molecule has 1 N–H and O–H groups in total. The minimum Gasteiger partial charge on any atom is -0.380 e. The maximum absolute atomic E-state index is 13.5. The largest absolute Gasteiger partial charge is 0.380 e. The second kappa shape index (κ2) is 6.25. The van der Waals surface area contributed by atoms with Crippen LogP contribution in [0.15, 0.2) is 54.6 Å². The van der Waals surface area contributed by atoms with E-state index in [9.17, 15) is 14.3 Å². The molecule has 3 heteroatoms. The number of halogens is 1. The number of hydrogen-bond acceptors (Lipinski definition) is 2. The molecule has 0 radical (unpaired) electrons. The lowest BCUT2D eigenvalue weighted by molar-refractivity contribution is -0.127. The zero-order chi connectivity index (χ0) is 13.7. The van der Waals surface area contributed by atoms with Gasteiger partial charge in [-0.2, -0.15) is 0 Å². The van der Waals surface area contributed by atoms with Crippen molar-refractivity contribution < 1.29 is 14.3 Å². The molecule has 0 amide bonds. The third-order valence-corrected chi connectivity index (χ3v) is 3.01. The van der Waals surface area contributed by atoms with Gasteiger partial charge in [0.15, 0.2) is 5.78 Å². The minimum absolute atomic E-state index is 0.0422. The second-order valence-corrected chi connectivity index (χ2v) is 4.38. The van der Waals surface area contributed by atoms with Gasteiger partial charge in [0.05, 0.1) is 0 Å². The lowest BCUT2D eigenvalue weighted by Gasteiger charge is -2.10. The number of Topliss-reactive ketones (excluding diaryl/α,β-unsaturated/α-hetero) is 1.